The van der Waals surface area contributed by atoms with E-state index in [0.717, 1.165) is 0 Å². The van der Waals surface area contributed by atoms with Crippen LogP contribution in [0.3, 0.4) is 0 Å². The molecule has 2 rings (SSSR count). The smallest absolute Gasteiger partial charge is 0.246 e. The Kier molecular flexibility index (Phi) is 7.39. The maximum atomic E-state index is 12.9. The zero-order valence-electron chi connectivity index (χ0n) is 15.4. The summed E-state index contributed by atoms with van der Waals surface area (Å²) in [5.74, 6) is 0.108. The first kappa shape index (κ1) is 20.6. The highest BCUT2D eigenvalue weighted by molar-refractivity contribution is 7.89. The summed E-state index contributed by atoms with van der Waals surface area (Å²) in [4.78, 5) is 12.2. The molecule has 0 spiro atoms. The Morgan fingerprint density at radius 1 is 1.35 bits per heavy atom. The van der Waals surface area contributed by atoms with E-state index < -0.39 is 10.0 Å². The standard InChI is InChI=1S/C17H27N3O5S/c1-13(18-2)12-19-17(21)11-14-4-5-15(24-3)16(10-14)26(22,23)20-6-8-25-9-7-20/h4-5,10,13,18H,6-9,11-12H2,1-3H3,(H,19,21). The van der Waals surface area contributed by atoms with Crippen molar-refractivity contribution in [2.24, 2.45) is 0 Å². The predicted octanol–water partition coefficient (Wildman–Crippen LogP) is -0.0173. The molecular formula is C17H27N3O5S. The Bertz CT molecular complexity index is 717. The van der Waals surface area contributed by atoms with Crippen LogP contribution in [0, 0.1) is 0 Å². The maximum Gasteiger partial charge on any atom is 0.246 e. The summed E-state index contributed by atoms with van der Waals surface area (Å²) in [5.41, 5.74) is 0.618. The quantitative estimate of drug-likeness (QED) is 0.653. The summed E-state index contributed by atoms with van der Waals surface area (Å²) < 4.78 is 37.7. The van der Waals surface area contributed by atoms with Crippen LogP contribution < -0.4 is 15.4 Å². The average molecular weight is 385 g/mol. The molecule has 2 N–H and O–H groups in total. The van der Waals surface area contributed by atoms with Gasteiger partial charge in [-0.15, -0.1) is 0 Å². The van der Waals surface area contributed by atoms with E-state index in [2.05, 4.69) is 10.6 Å². The third-order valence-corrected chi connectivity index (χ3v) is 6.20. The van der Waals surface area contributed by atoms with Crippen molar-refractivity contribution >= 4 is 15.9 Å². The van der Waals surface area contributed by atoms with Crippen molar-refractivity contribution in [2.45, 2.75) is 24.3 Å². The van der Waals surface area contributed by atoms with Crippen molar-refractivity contribution < 1.29 is 22.7 Å². The van der Waals surface area contributed by atoms with Crippen LogP contribution in [-0.4, -0.2) is 71.7 Å². The molecule has 1 heterocycles. The Labute approximate surface area is 154 Å². The van der Waals surface area contributed by atoms with Gasteiger partial charge in [-0.3, -0.25) is 4.79 Å². The monoisotopic (exact) mass is 385 g/mol. The molecule has 26 heavy (non-hydrogen) atoms. The number of nitrogens with zero attached hydrogens (tertiary/aromatic N) is 1. The van der Waals surface area contributed by atoms with Gasteiger partial charge in [-0.2, -0.15) is 4.31 Å². The lowest BCUT2D eigenvalue weighted by molar-refractivity contribution is -0.120. The Hall–Kier alpha value is -1.68. The number of carbonyl (C=O) groups excluding carboxylic acids is 1. The number of amides is 1. The normalized spacial score (nSPS) is 16.9. The molecule has 9 heteroatoms. The zero-order valence-corrected chi connectivity index (χ0v) is 16.3. The molecule has 1 atom stereocenters. The number of benzene rings is 1. The molecule has 8 nitrogen and oxygen atoms in total. The predicted molar refractivity (Wildman–Crippen MR) is 97.8 cm³/mol. The summed E-state index contributed by atoms with van der Waals surface area (Å²) in [6, 6.07) is 4.97. The molecule has 0 bridgehead atoms. The number of likely N-dealkylation sites (N-methyl/N-ethyl adjacent to an activating group) is 1. The van der Waals surface area contributed by atoms with Crippen LogP contribution in [-0.2, 0) is 26.0 Å². The molecule has 0 aliphatic carbocycles. The highest BCUT2D eigenvalue weighted by atomic mass is 32.2. The number of morpholine rings is 1. The maximum absolute atomic E-state index is 12.9. The van der Waals surface area contributed by atoms with Crippen LogP contribution in [0.25, 0.3) is 0 Å². The molecule has 1 aliphatic heterocycles. The van der Waals surface area contributed by atoms with Gasteiger partial charge in [0, 0.05) is 25.7 Å². The molecule has 1 aromatic rings. The highest BCUT2D eigenvalue weighted by Gasteiger charge is 2.29. The van der Waals surface area contributed by atoms with E-state index in [1.807, 2.05) is 14.0 Å². The Morgan fingerprint density at radius 3 is 2.65 bits per heavy atom. The number of ether oxygens (including phenoxy) is 2. The first-order valence-electron chi connectivity index (χ1n) is 8.57. The molecule has 146 valence electrons. The fourth-order valence-electron chi connectivity index (χ4n) is 2.58. The van der Waals surface area contributed by atoms with Gasteiger partial charge in [0.05, 0.1) is 26.7 Å². The number of methoxy groups -OCH3 is 1. The molecule has 1 aromatic carbocycles. The SMILES string of the molecule is CNC(C)CNC(=O)Cc1ccc(OC)c(S(=O)(=O)N2CCOCC2)c1. The van der Waals surface area contributed by atoms with Crippen molar-refractivity contribution in [3.8, 4) is 5.75 Å². The van der Waals surface area contributed by atoms with Gasteiger partial charge >= 0.3 is 0 Å². The van der Waals surface area contributed by atoms with Gasteiger partial charge in [-0.1, -0.05) is 6.07 Å². The summed E-state index contributed by atoms with van der Waals surface area (Å²) in [7, 11) is -0.454. The molecule has 0 saturated carbocycles. The number of rotatable bonds is 8. The number of carbonyl (C=O) groups is 1. The number of sulfonamides is 1. The van der Waals surface area contributed by atoms with Crippen LogP contribution >= 0.6 is 0 Å². The first-order valence-corrected chi connectivity index (χ1v) is 10.0. The fourth-order valence-corrected chi connectivity index (χ4v) is 4.19. The molecule has 0 radical (unpaired) electrons. The first-order chi connectivity index (χ1) is 12.4. The van der Waals surface area contributed by atoms with Crippen molar-refractivity contribution in [3.63, 3.8) is 0 Å². The molecule has 1 unspecified atom stereocenters. The molecule has 1 saturated heterocycles. The second-order valence-corrected chi connectivity index (χ2v) is 8.08. The van der Waals surface area contributed by atoms with Crippen LogP contribution in [0.4, 0.5) is 0 Å². The second-order valence-electron chi connectivity index (χ2n) is 6.17. The molecule has 1 aliphatic rings. The minimum Gasteiger partial charge on any atom is -0.495 e. The number of hydrogen-bond acceptors (Lipinski definition) is 6. The van der Waals surface area contributed by atoms with Crippen LogP contribution in [0.2, 0.25) is 0 Å². The summed E-state index contributed by atoms with van der Waals surface area (Å²) in [6.07, 6.45) is 0.103. The van der Waals surface area contributed by atoms with E-state index in [0.29, 0.717) is 38.4 Å². The van der Waals surface area contributed by atoms with E-state index >= 15 is 0 Å². The Balaban J connectivity index is 2.18. The van der Waals surface area contributed by atoms with E-state index in [1.165, 1.54) is 17.5 Å². The lowest BCUT2D eigenvalue weighted by Crippen LogP contribution is -2.40. The highest BCUT2D eigenvalue weighted by Crippen LogP contribution is 2.28. The van der Waals surface area contributed by atoms with E-state index in [-0.39, 0.29) is 29.0 Å². The van der Waals surface area contributed by atoms with Gasteiger partial charge in [0.15, 0.2) is 0 Å². The van der Waals surface area contributed by atoms with Gasteiger partial charge in [-0.25, -0.2) is 8.42 Å². The lowest BCUT2D eigenvalue weighted by Gasteiger charge is -2.26. The molecular weight excluding hydrogens is 358 g/mol. The molecule has 0 aromatic heterocycles. The topological polar surface area (TPSA) is 97.0 Å². The summed E-state index contributed by atoms with van der Waals surface area (Å²) in [5, 5.41) is 5.86. The van der Waals surface area contributed by atoms with Gasteiger partial charge in [0.2, 0.25) is 15.9 Å². The van der Waals surface area contributed by atoms with Crippen molar-refractivity contribution in [1.82, 2.24) is 14.9 Å². The largest absolute Gasteiger partial charge is 0.495 e. The Morgan fingerprint density at radius 2 is 2.04 bits per heavy atom. The van der Waals surface area contributed by atoms with E-state index in [9.17, 15) is 13.2 Å². The summed E-state index contributed by atoms with van der Waals surface area (Å²) >= 11 is 0. The number of hydrogen-bond donors (Lipinski definition) is 2. The molecule has 1 amide bonds. The van der Waals surface area contributed by atoms with Gasteiger partial charge in [0.25, 0.3) is 0 Å². The lowest BCUT2D eigenvalue weighted by atomic mass is 10.1. The minimum atomic E-state index is -3.71. The van der Waals surface area contributed by atoms with E-state index in [1.54, 1.807) is 12.1 Å². The van der Waals surface area contributed by atoms with Crippen molar-refractivity contribution in [3.05, 3.63) is 23.8 Å². The van der Waals surface area contributed by atoms with Gasteiger partial charge < -0.3 is 20.1 Å². The number of nitrogens with one attached hydrogen (secondary N) is 2. The van der Waals surface area contributed by atoms with Gasteiger partial charge in [-0.05, 0) is 31.7 Å². The van der Waals surface area contributed by atoms with Crippen LogP contribution in [0.5, 0.6) is 5.75 Å². The van der Waals surface area contributed by atoms with E-state index in [4.69, 9.17) is 9.47 Å². The third-order valence-electron chi connectivity index (χ3n) is 4.28. The van der Waals surface area contributed by atoms with Crippen LogP contribution in [0.1, 0.15) is 12.5 Å². The zero-order chi connectivity index (χ0) is 19.2. The van der Waals surface area contributed by atoms with Crippen molar-refractivity contribution in [2.75, 3.05) is 47.0 Å². The minimum absolute atomic E-state index is 0.0794. The molecule has 1 fully saturated rings. The third kappa shape index (κ3) is 5.16. The summed E-state index contributed by atoms with van der Waals surface area (Å²) in [6.45, 7) is 3.81. The fraction of sp³-hybridized carbons (Fsp3) is 0.588. The van der Waals surface area contributed by atoms with Crippen molar-refractivity contribution in [1.29, 1.82) is 0 Å². The second kappa shape index (κ2) is 9.31. The van der Waals surface area contributed by atoms with Crippen LogP contribution in [0.15, 0.2) is 23.1 Å². The average Bonchev–Trinajstić information content (AvgIpc) is 2.66. The van der Waals surface area contributed by atoms with Gasteiger partial charge in [0.1, 0.15) is 10.6 Å².